The first kappa shape index (κ1) is 15.9. The van der Waals surface area contributed by atoms with Crippen molar-refractivity contribution >= 4 is 31.3 Å². The van der Waals surface area contributed by atoms with Crippen molar-refractivity contribution < 1.29 is 17.9 Å². The Morgan fingerprint density at radius 2 is 2.00 bits per heavy atom. The highest BCUT2D eigenvalue weighted by Gasteiger charge is 2.17. The second-order valence-electron chi connectivity index (χ2n) is 3.99. The molecule has 0 saturated carbocycles. The van der Waals surface area contributed by atoms with Gasteiger partial charge in [0, 0.05) is 21.8 Å². The molecule has 0 saturated heterocycles. The first-order valence-corrected chi connectivity index (χ1v) is 8.46. The van der Waals surface area contributed by atoms with Gasteiger partial charge in [-0.3, -0.25) is 0 Å². The lowest BCUT2D eigenvalue weighted by molar-refractivity contribution is 0.290. The van der Waals surface area contributed by atoms with Gasteiger partial charge in [0.05, 0.1) is 12.8 Å². The summed E-state index contributed by atoms with van der Waals surface area (Å²) >= 11 is 5.77. The van der Waals surface area contributed by atoms with Crippen LogP contribution in [0.5, 0.6) is 11.6 Å². The number of methoxy groups -OCH3 is 1. The molecule has 0 radical (unpaired) electrons. The summed E-state index contributed by atoms with van der Waals surface area (Å²) in [5, 5.41) is 0.251. The van der Waals surface area contributed by atoms with Gasteiger partial charge in [0.15, 0.2) is 0 Å². The summed E-state index contributed by atoms with van der Waals surface area (Å²) in [5.74, 6) is 0.552. The highest BCUT2D eigenvalue weighted by molar-refractivity contribution is 8.13. The van der Waals surface area contributed by atoms with Gasteiger partial charge >= 0.3 is 0 Å². The smallest absolute Gasteiger partial charge is 0.265 e. The van der Waals surface area contributed by atoms with Crippen molar-refractivity contribution in [3.63, 3.8) is 0 Å². The van der Waals surface area contributed by atoms with Crippen LogP contribution in [0, 0.1) is 0 Å². The third-order valence-corrected chi connectivity index (χ3v) is 4.11. The van der Waals surface area contributed by atoms with Crippen LogP contribution in [0.25, 0.3) is 0 Å². The maximum Gasteiger partial charge on any atom is 0.265 e. The molecule has 0 aliphatic rings. The van der Waals surface area contributed by atoms with E-state index in [0.29, 0.717) is 11.6 Å². The Hall–Kier alpha value is -1.50. The molecule has 0 unspecified atom stereocenters. The molecule has 1 aromatic carbocycles. The summed E-state index contributed by atoms with van der Waals surface area (Å²) in [4.78, 5) is 3.98. The number of hydrogen-bond donors (Lipinski definition) is 0. The lowest BCUT2D eigenvalue weighted by Crippen LogP contribution is -2.03. The summed E-state index contributed by atoms with van der Waals surface area (Å²) in [6, 6.07) is 9.37. The average molecular weight is 348 g/mol. The topological polar surface area (TPSA) is 65.5 Å². The van der Waals surface area contributed by atoms with E-state index < -0.39 is 9.05 Å². The monoisotopic (exact) mass is 347 g/mol. The third kappa shape index (κ3) is 4.23. The van der Waals surface area contributed by atoms with Gasteiger partial charge < -0.3 is 9.47 Å². The number of ether oxygens (including phenoxy) is 2. The number of nitrogens with zero attached hydrogens (tertiary/aromatic N) is 1. The Bertz CT molecular complexity index is 750. The van der Waals surface area contributed by atoms with E-state index in [1.165, 1.54) is 25.3 Å². The van der Waals surface area contributed by atoms with Crippen molar-refractivity contribution in [3.8, 4) is 11.6 Å². The molecular weight excluding hydrogens is 337 g/mol. The van der Waals surface area contributed by atoms with Crippen molar-refractivity contribution in [1.82, 2.24) is 4.98 Å². The van der Waals surface area contributed by atoms with Gasteiger partial charge in [0.1, 0.15) is 17.3 Å². The average Bonchev–Trinajstić information content (AvgIpc) is 2.45. The van der Waals surface area contributed by atoms with Crippen molar-refractivity contribution in [1.29, 1.82) is 0 Å². The second-order valence-corrected chi connectivity index (χ2v) is 6.96. The number of pyridine rings is 1. The Balaban J connectivity index is 2.24. The summed E-state index contributed by atoms with van der Waals surface area (Å²) in [5.41, 5.74) is 0.585. The molecule has 0 aliphatic carbocycles. The Labute approximate surface area is 131 Å². The lowest BCUT2D eigenvalue weighted by atomic mass is 10.3. The van der Waals surface area contributed by atoms with Crippen LogP contribution in [0.2, 0.25) is 5.02 Å². The molecule has 21 heavy (non-hydrogen) atoms. The van der Waals surface area contributed by atoms with E-state index in [0.717, 1.165) is 0 Å². The molecule has 2 rings (SSSR count). The molecular formula is C13H11Cl2NO4S. The van der Waals surface area contributed by atoms with E-state index in [4.69, 9.17) is 31.8 Å². The maximum absolute atomic E-state index is 11.5. The molecule has 0 atom stereocenters. The lowest BCUT2D eigenvalue weighted by Gasteiger charge is -2.10. The standard InChI is InChI=1S/C13H11Cl2NO4S/c1-19-13-4-2-3-10(16-13)8-20-11-6-5-9(14)7-12(11)21(15,17)18/h2-7H,8H2,1H3. The van der Waals surface area contributed by atoms with Crippen molar-refractivity contribution in [2.24, 2.45) is 0 Å². The van der Waals surface area contributed by atoms with E-state index in [1.54, 1.807) is 18.2 Å². The van der Waals surface area contributed by atoms with E-state index >= 15 is 0 Å². The van der Waals surface area contributed by atoms with Gasteiger partial charge in [-0.25, -0.2) is 13.4 Å². The van der Waals surface area contributed by atoms with Crippen LogP contribution < -0.4 is 9.47 Å². The van der Waals surface area contributed by atoms with E-state index in [9.17, 15) is 8.42 Å². The summed E-state index contributed by atoms with van der Waals surface area (Å²) < 4.78 is 33.5. The molecule has 0 amide bonds. The minimum absolute atomic E-state index is 0.0677. The van der Waals surface area contributed by atoms with Crippen molar-refractivity contribution in [2.75, 3.05) is 7.11 Å². The summed E-state index contributed by atoms with van der Waals surface area (Å²) in [7, 11) is 2.91. The first-order chi connectivity index (χ1) is 9.90. The molecule has 0 spiro atoms. The van der Waals surface area contributed by atoms with Crippen LogP contribution in [0.3, 0.4) is 0 Å². The van der Waals surface area contributed by atoms with Gasteiger partial charge in [0.25, 0.3) is 9.05 Å². The first-order valence-electron chi connectivity index (χ1n) is 5.77. The predicted molar refractivity (Wildman–Crippen MR) is 79.6 cm³/mol. The zero-order valence-corrected chi connectivity index (χ0v) is 13.2. The molecule has 0 N–H and O–H groups in total. The minimum Gasteiger partial charge on any atom is -0.486 e. The number of rotatable bonds is 5. The largest absolute Gasteiger partial charge is 0.486 e. The highest BCUT2D eigenvalue weighted by Crippen LogP contribution is 2.30. The van der Waals surface area contributed by atoms with Crippen molar-refractivity contribution in [2.45, 2.75) is 11.5 Å². The molecule has 112 valence electrons. The third-order valence-electron chi connectivity index (χ3n) is 2.53. The number of hydrogen-bond acceptors (Lipinski definition) is 5. The highest BCUT2D eigenvalue weighted by atomic mass is 35.7. The zero-order valence-electron chi connectivity index (χ0n) is 10.9. The maximum atomic E-state index is 11.5. The molecule has 1 heterocycles. The summed E-state index contributed by atoms with van der Waals surface area (Å²) in [6.07, 6.45) is 0. The molecule has 2 aromatic rings. The molecule has 5 nitrogen and oxygen atoms in total. The Morgan fingerprint density at radius 3 is 2.67 bits per heavy atom. The van der Waals surface area contributed by atoms with Crippen LogP contribution >= 0.6 is 22.3 Å². The van der Waals surface area contributed by atoms with Crippen LogP contribution in [-0.4, -0.2) is 20.5 Å². The fraction of sp³-hybridized carbons (Fsp3) is 0.154. The molecule has 0 fully saturated rings. The Kier molecular flexibility index (Phi) is 4.92. The van der Waals surface area contributed by atoms with Gasteiger partial charge in [-0.1, -0.05) is 17.7 Å². The van der Waals surface area contributed by atoms with Crippen LogP contribution in [0.4, 0.5) is 0 Å². The van der Waals surface area contributed by atoms with Gasteiger partial charge in [-0.15, -0.1) is 0 Å². The second kappa shape index (κ2) is 6.51. The van der Waals surface area contributed by atoms with Gasteiger partial charge in [-0.05, 0) is 24.3 Å². The van der Waals surface area contributed by atoms with Crippen LogP contribution in [0.15, 0.2) is 41.3 Å². The fourth-order valence-corrected chi connectivity index (χ4v) is 2.83. The van der Waals surface area contributed by atoms with Crippen LogP contribution in [0.1, 0.15) is 5.69 Å². The van der Waals surface area contributed by atoms with Gasteiger partial charge in [-0.2, -0.15) is 0 Å². The van der Waals surface area contributed by atoms with E-state index in [2.05, 4.69) is 4.98 Å². The molecule has 1 aromatic heterocycles. The number of aromatic nitrogens is 1. The minimum atomic E-state index is -3.96. The zero-order chi connectivity index (χ0) is 15.5. The van der Waals surface area contributed by atoms with E-state index in [-0.39, 0.29) is 22.3 Å². The number of benzene rings is 1. The summed E-state index contributed by atoms with van der Waals surface area (Å²) in [6.45, 7) is 0.0677. The quantitative estimate of drug-likeness (QED) is 0.776. The SMILES string of the molecule is COc1cccc(COc2ccc(Cl)cc2S(=O)(=O)Cl)n1. The fourth-order valence-electron chi connectivity index (χ4n) is 1.60. The number of halogens is 2. The predicted octanol–water partition coefficient (Wildman–Crippen LogP) is 3.25. The molecule has 0 bridgehead atoms. The van der Waals surface area contributed by atoms with Crippen LogP contribution in [-0.2, 0) is 15.7 Å². The van der Waals surface area contributed by atoms with E-state index in [1.807, 2.05) is 0 Å². The normalized spacial score (nSPS) is 11.2. The van der Waals surface area contributed by atoms with Crippen molar-refractivity contribution in [3.05, 3.63) is 47.1 Å². The molecule has 0 aliphatic heterocycles. The Morgan fingerprint density at radius 1 is 1.24 bits per heavy atom. The molecule has 8 heteroatoms. The van der Waals surface area contributed by atoms with Gasteiger partial charge in [0.2, 0.25) is 5.88 Å².